The second-order valence-corrected chi connectivity index (χ2v) is 4.59. The van der Waals surface area contributed by atoms with Gasteiger partial charge >= 0.3 is 7.60 Å². The van der Waals surface area contributed by atoms with Gasteiger partial charge in [-0.05, 0) is 31.3 Å². The fourth-order valence-electron chi connectivity index (χ4n) is 1.29. The minimum Gasteiger partial charge on any atom is -0.321 e. The minimum atomic E-state index is -4.09. The Hall–Kier alpha value is -0.370. The van der Waals surface area contributed by atoms with Crippen LogP contribution in [0.25, 0.3) is 0 Å². The maximum absolute atomic E-state index is 10.8. The van der Waals surface area contributed by atoms with Crippen molar-refractivity contribution < 1.29 is 14.4 Å². The summed E-state index contributed by atoms with van der Waals surface area (Å²) < 4.78 is 10.8. The van der Waals surface area contributed by atoms with Crippen LogP contribution >= 0.6 is 7.60 Å². The van der Waals surface area contributed by atoms with Gasteiger partial charge in [-0.25, -0.2) is 0 Å². The molecule has 0 spiro atoms. The van der Waals surface area contributed by atoms with E-state index in [1.54, 1.807) is 0 Å². The molecule has 1 rings (SSSR count). The zero-order valence-corrected chi connectivity index (χ0v) is 7.76. The first-order valence-electron chi connectivity index (χ1n) is 3.96. The fourth-order valence-corrected chi connectivity index (χ4v) is 1.86. The molecular formula is C8H13O3P. The number of hydrogen-bond acceptors (Lipinski definition) is 1. The molecule has 0 fully saturated rings. The summed E-state index contributed by atoms with van der Waals surface area (Å²) in [5.74, 6) is 0. The van der Waals surface area contributed by atoms with Gasteiger partial charge in [0.1, 0.15) is 0 Å². The predicted molar refractivity (Wildman–Crippen MR) is 47.7 cm³/mol. The lowest BCUT2D eigenvalue weighted by Crippen LogP contribution is -1.95. The van der Waals surface area contributed by atoms with Crippen molar-refractivity contribution in [2.75, 3.05) is 0 Å². The van der Waals surface area contributed by atoms with Gasteiger partial charge in [-0.1, -0.05) is 12.7 Å². The van der Waals surface area contributed by atoms with E-state index in [-0.39, 0.29) is 5.31 Å². The maximum atomic E-state index is 10.8. The zero-order chi connectivity index (χ0) is 9.19. The molecule has 0 atom stereocenters. The van der Waals surface area contributed by atoms with Crippen LogP contribution in [0.2, 0.25) is 0 Å². The third-order valence-corrected chi connectivity index (χ3v) is 3.00. The fraction of sp³-hybridized carbons (Fsp3) is 0.500. The summed E-state index contributed by atoms with van der Waals surface area (Å²) in [6.07, 6.45) is 5.66. The normalized spacial score (nSPS) is 18.7. The first kappa shape index (κ1) is 9.72. The van der Waals surface area contributed by atoms with Gasteiger partial charge in [-0.15, -0.1) is 0 Å². The SMILES string of the molecule is C=C(C1=CCCCC1)P(=O)(O)O. The van der Waals surface area contributed by atoms with E-state index in [9.17, 15) is 4.57 Å². The molecule has 0 unspecified atom stereocenters. The van der Waals surface area contributed by atoms with Gasteiger partial charge in [-0.3, -0.25) is 4.57 Å². The van der Waals surface area contributed by atoms with Crippen molar-refractivity contribution in [2.24, 2.45) is 0 Å². The van der Waals surface area contributed by atoms with Gasteiger partial charge in [0.25, 0.3) is 0 Å². The number of hydrogen-bond donors (Lipinski definition) is 2. The van der Waals surface area contributed by atoms with Crippen molar-refractivity contribution in [1.29, 1.82) is 0 Å². The highest BCUT2D eigenvalue weighted by molar-refractivity contribution is 7.56. The number of allylic oxidation sites excluding steroid dienone is 3. The van der Waals surface area contributed by atoms with Crippen LogP contribution in [-0.2, 0) is 4.57 Å². The van der Waals surface area contributed by atoms with Gasteiger partial charge in [0.15, 0.2) is 0 Å². The lowest BCUT2D eigenvalue weighted by Gasteiger charge is -2.15. The molecule has 0 amide bonds. The van der Waals surface area contributed by atoms with Crippen LogP contribution in [0.15, 0.2) is 23.5 Å². The molecule has 0 saturated carbocycles. The van der Waals surface area contributed by atoms with E-state index in [1.165, 1.54) is 0 Å². The molecule has 3 nitrogen and oxygen atoms in total. The number of rotatable bonds is 2. The van der Waals surface area contributed by atoms with Crippen molar-refractivity contribution in [3.8, 4) is 0 Å². The molecule has 4 heteroatoms. The van der Waals surface area contributed by atoms with Gasteiger partial charge in [0.2, 0.25) is 0 Å². The molecule has 0 aromatic rings. The molecule has 0 aromatic heterocycles. The third-order valence-electron chi connectivity index (χ3n) is 2.01. The molecule has 1 aliphatic carbocycles. The second kappa shape index (κ2) is 3.56. The van der Waals surface area contributed by atoms with Crippen molar-refractivity contribution >= 4 is 7.60 Å². The van der Waals surface area contributed by atoms with Gasteiger partial charge in [0.05, 0.1) is 5.31 Å². The average Bonchev–Trinajstić information content (AvgIpc) is 2.03. The standard InChI is InChI=1S/C8H13O3P/c1-7(12(9,10)11)8-5-3-2-4-6-8/h5H,1-4,6H2,(H2,9,10,11). The topological polar surface area (TPSA) is 57.5 Å². The third kappa shape index (κ3) is 2.31. The highest BCUT2D eigenvalue weighted by Crippen LogP contribution is 2.49. The molecule has 0 heterocycles. The Morgan fingerprint density at radius 2 is 2.17 bits per heavy atom. The van der Waals surface area contributed by atoms with Crippen LogP contribution in [-0.4, -0.2) is 9.79 Å². The lowest BCUT2D eigenvalue weighted by molar-refractivity contribution is 0.382. The molecule has 0 bridgehead atoms. The summed E-state index contributed by atoms with van der Waals surface area (Å²) in [6.45, 7) is 3.42. The summed E-state index contributed by atoms with van der Waals surface area (Å²) in [6, 6.07) is 0. The molecule has 0 aromatic carbocycles. The molecule has 2 N–H and O–H groups in total. The average molecular weight is 188 g/mol. The monoisotopic (exact) mass is 188 g/mol. The van der Waals surface area contributed by atoms with E-state index in [2.05, 4.69) is 6.58 Å². The summed E-state index contributed by atoms with van der Waals surface area (Å²) in [4.78, 5) is 17.6. The van der Waals surface area contributed by atoms with Gasteiger partial charge in [0, 0.05) is 0 Å². The quantitative estimate of drug-likeness (QED) is 0.653. The van der Waals surface area contributed by atoms with Gasteiger partial charge in [-0.2, -0.15) is 0 Å². The Morgan fingerprint density at radius 1 is 1.50 bits per heavy atom. The summed E-state index contributed by atoms with van der Waals surface area (Å²) in [5, 5.41) is 0.00204. The van der Waals surface area contributed by atoms with Crippen molar-refractivity contribution in [1.82, 2.24) is 0 Å². The molecule has 1 aliphatic rings. The van der Waals surface area contributed by atoms with Crippen LogP contribution in [0, 0.1) is 0 Å². The Bertz CT molecular complexity index is 261. The van der Waals surface area contributed by atoms with E-state index in [4.69, 9.17) is 9.79 Å². The molecule has 0 saturated heterocycles. The summed E-state index contributed by atoms with van der Waals surface area (Å²) in [7, 11) is -4.09. The van der Waals surface area contributed by atoms with Gasteiger partial charge < -0.3 is 9.79 Å². The van der Waals surface area contributed by atoms with Crippen LogP contribution in [0.3, 0.4) is 0 Å². The maximum Gasteiger partial charge on any atom is 0.355 e. The van der Waals surface area contributed by atoms with Crippen LogP contribution in [0.1, 0.15) is 25.7 Å². The molecule has 0 radical (unpaired) electrons. The smallest absolute Gasteiger partial charge is 0.321 e. The highest BCUT2D eigenvalue weighted by atomic mass is 31.2. The van der Waals surface area contributed by atoms with E-state index >= 15 is 0 Å². The van der Waals surface area contributed by atoms with Crippen molar-refractivity contribution in [3.05, 3.63) is 23.5 Å². The second-order valence-electron chi connectivity index (χ2n) is 2.97. The van der Waals surface area contributed by atoms with Crippen molar-refractivity contribution in [2.45, 2.75) is 25.7 Å². The Kier molecular flexibility index (Phi) is 2.89. The largest absolute Gasteiger partial charge is 0.355 e. The van der Waals surface area contributed by atoms with E-state index in [1.807, 2.05) is 6.08 Å². The minimum absolute atomic E-state index is 0.00204. The van der Waals surface area contributed by atoms with E-state index in [0.717, 1.165) is 31.3 Å². The summed E-state index contributed by atoms with van der Waals surface area (Å²) >= 11 is 0. The predicted octanol–water partition coefficient (Wildman–Crippen LogP) is 2.18. The Balaban J connectivity index is 2.77. The van der Waals surface area contributed by atoms with Crippen molar-refractivity contribution in [3.63, 3.8) is 0 Å². The zero-order valence-electron chi connectivity index (χ0n) is 6.86. The lowest BCUT2D eigenvalue weighted by atomic mass is 10.00. The summed E-state index contributed by atoms with van der Waals surface area (Å²) in [5.41, 5.74) is 0.745. The molecular weight excluding hydrogens is 175 g/mol. The first-order chi connectivity index (χ1) is 5.52. The Morgan fingerprint density at radius 3 is 2.58 bits per heavy atom. The molecule has 12 heavy (non-hydrogen) atoms. The van der Waals surface area contributed by atoms with Crippen LogP contribution in [0.5, 0.6) is 0 Å². The van der Waals surface area contributed by atoms with Crippen LogP contribution < -0.4 is 0 Å². The first-order valence-corrected chi connectivity index (χ1v) is 5.57. The van der Waals surface area contributed by atoms with Crippen LogP contribution in [0.4, 0.5) is 0 Å². The highest BCUT2D eigenvalue weighted by Gasteiger charge is 2.22. The molecule has 0 aliphatic heterocycles. The van der Waals surface area contributed by atoms with E-state index in [0.29, 0.717) is 0 Å². The molecule has 68 valence electrons. The van der Waals surface area contributed by atoms with E-state index < -0.39 is 7.60 Å². The Labute approximate surface area is 72.0 Å².